The topological polar surface area (TPSA) is 99.1 Å². The van der Waals surface area contributed by atoms with Crippen LogP contribution < -0.4 is 8.92 Å². The molecule has 0 aliphatic heterocycles. The van der Waals surface area contributed by atoms with Gasteiger partial charge in [-0.25, -0.2) is 4.79 Å². The zero-order valence-electron chi connectivity index (χ0n) is 16.5. The summed E-state index contributed by atoms with van der Waals surface area (Å²) in [6.07, 6.45) is 2.97. The van der Waals surface area contributed by atoms with E-state index in [0.717, 1.165) is 18.4 Å². The Morgan fingerprint density at radius 1 is 1.10 bits per heavy atom. The summed E-state index contributed by atoms with van der Waals surface area (Å²) in [6, 6.07) is 10.8. The quantitative estimate of drug-likeness (QED) is 0.268. The first kappa shape index (κ1) is 22.3. The van der Waals surface area contributed by atoms with E-state index in [0.29, 0.717) is 12.2 Å². The third-order valence-electron chi connectivity index (χ3n) is 3.96. The molecule has 0 spiro atoms. The van der Waals surface area contributed by atoms with Gasteiger partial charge < -0.3 is 18.8 Å². The van der Waals surface area contributed by atoms with Crippen LogP contribution in [0.4, 0.5) is 0 Å². The molecule has 0 saturated heterocycles. The van der Waals surface area contributed by atoms with Gasteiger partial charge in [-0.15, -0.1) is 0 Å². The molecule has 0 aliphatic carbocycles. The maximum Gasteiger partial charge on any atom is 0.371 e. The number of benzene rings is 2. The Bertz CT molecular complexity index is 977. The van der Waals surface area contributed by atoms with Crippen molar-refractivity contribution >= 4 is 22.2 Å². The van der Waals surface area contributed by atoms with Crippen LogP contribution in [0.3, 0.4) is 0 Å². The van der Waals surface area contributed by atoms with Gasteiger partial charge in [0.25, 0.3) is 0 Å². The van der Waals surface area contributed by atoms with Gasteiger partial charge in [0, 0.05) is 0 Å². The van der Waals surface area contributed by atoms with Gasteiger partial charge in [0.15, 0.2) is 11.5 Å². The van der Waals surface area contributed by atoms with Crippen molar-refractivity contribution < 1.29 is 32.0 Å². The molecule has 0 heterocycles. The molecule has 0 atom stereocenters. The second kappa shape index (κ2) is 9.97. The van der Waals surface area contributed by atoms with Gasteiger partial charge in [-0.1, -0.05) is 37.1 Å². The van der Waals surface area contributed by atoms with Crippen LogP contribution in [0.15, 0.2) is 53.1 Å². The van der Waals surface area contributed by atoms with Crippen LogP contribution in [0.5, 0.6) is 11.5 Å². The van der Waals surface area contributed by atoms with Crippen molar-refractivity contribution in [1.29, 1.82) is 0 Å². The molecule has 156 valence electrons. The van der Waals surface area contributed by atoms with Crippen molar-refractivity contribution in [2.45, 2.75) is 31.6 Å². The maximum absolute atomic E-state index is 12.6. The second-order valence-corrected chi connectivity index (χ2v) is 7.82. The van der Waals surface area contributed by atoms with Crippen LogP contribution >= 0.6 is 0 Å². The molecule has 2 aromatic rings. The van der Waals surface area contributed by atoms with Crippen molar-refractivity contribution in [3.8, 4) is 11.5 Å². The van der Waals surface area contributed by atoms with Crippen molar-refractivity contribution in [2.75, 3.05) is 13.7 Å². The van der Waals surface area contributed by atoms with Crippen molar-refractivity contribution in [3.63, 3.8) is 0 Å². The smallest absolute Gasteiger partial charge is 0.371 e. The monoisotopic (exact) mass is 420 g/mol. The Labute approximate surface area is 170 Å². The first-order chi connectivity index (χ1) is 13.8. The summed E-state index contributed by atoms with van der Waals surface area (Å²) < 4.78 is 41.0. The van der Waals surface area contributed by atoms with E-state index in [2.05, 4.69) is 0 Å². The molecule has 0 unspecified atom stereocenters. The van der Waals surface area contributed by atoms with Gasteiger partial charge in [0.1, 0.15) is 4.90 Å². The first-order valence-corrected chi connectivity index (χ1v) is 10.4. The minimum Gasteiger partial charge on any atom is -0.490 e. The first-order valence-electron chi connectivity index (χ1n) is 9.04. The lowest BCUT2D eigenvalue weighted by Gasteiger charge is -2.14. The highest BCUT2D eigenvalue weighted by molar-refractivity contribution is 7.87. The molecule has 8 heteroatoms. The number of carboxylic acids is 1. The van der Waals surface area contributed by atoms with Crippen LogP contribution in [0.2, 0.25) is 0 Å². The summed E-state index contributed by atoms with van der Waals surface area (Å²) in [5, 5.41) is 9.10. The number of hydrogen-bond acceptors (Lipinski definition) is 6. The van der Waals surface area contributed by atoms with Gasteiger partial charge in [-0.05, 0) is 49.2 Å². The minimum atomic E-state index is -4.05. The molecule has 2 aromatic carbocycles. The number of aryl methyl sites for hydroxylation is 1. The van der Waals surface area contributed by atoms with Crippen molar-refractivity contribution in [1.82, 2.24) is 0 Å². The van der Waals surface area contributed by atoms with E-state index >= 15 is 0 Å². The summed E-state index contributed by atoms with van der Waals surface area (Å²) in [6.45, 7) is 4.22. The van der Waals surface area contributed by atoms with E-state index in [1.54, 1.807) is 12.1 Å². The van der Waals surface area contributed by atoms with Gasteiger partial charge in [-0.3, -0.25) is 0 Å². The Morgan fingerprint density at radius 2 is 1.79 bits per heavy atom. The zero-order chi connectivity index (χ0) is 21.4. The van der Waals surface area contributed by atoms with E-state index < -0.39 is 16.1 Å². The average Bonchev–Trinajstić information content (AvgIpc) is 2.68. The standard InChI is InChI=1S/C21H24O7S/c1-4-5-12-27-19-13-16(14-20(26-3)21(22)23)8-11-18(19)28-29(24,25)17-9-6-15(2)7-10-17/h6-11,13-14H,4-5,12H2,1-3H3,(H,22,23)/b20-14-. The van der Waals surface area contributed by atoms with E-state index in [1.807, 2.05) is 13.8 Å². The highest BCUT2D eigenvalue weighted by atomic mass is 32.2. The number of rotatable bonds is 10. The molecular weight excluding hydrogens is 396 g/mol. The normalized spacial score (nSPS) is 11.8. The summed E-state index contributed by atoms with van der Waals surface area (Å²) >= 11 is 0. The lowest BCUT2D eigenvalue weighted by atomic mass is 10.2. The van der Waals surface area contributed by atoms with Gasteiger partial charge in [0.2, 0.25) is 5.76 Å². The lowest BCUT2D eigenvalue weighted by Crippen LogP contribution is -2.11. The predicted octanol–water partition coefficient (Wildman–Crippen LogP) is 4.01. The highest BCUT2D eigenvalue weighted by Crippen LogP contribution is 2.32. The molecule has 0 fully saturated rings. The van der Waals surface area contributed by atoms with E-state index in [9.17, 15) is 13.2 Å². The predicted molar refractivity (Wildman–Crippen MR) is 108 cm³/mol. The number of unbranched alkanes of at least 4 members (excludes halogenated alkanes) is 1. The summed E-state index contributed by atoms with van der Waals surface area (Å²) in [5.41, 5.74) is 1.40. The molecular formula is C21H24O7S. The molecule has 0 radical (unpaired) electrons. The lowest BCUT2D eigenvalue weighted by molar-refractivity contribution is -0.135. The summed E-state index contributed by atoms with van der Waals surface area (Å²) in [5.74, 6) is -1.26. The molecule has 29 heavy (non-hydrogen) atoms. The van der Waals surface area contributed by atoms with Crippen LogP contribution in [0.1, 0.15) is 30.9 Å². The molecule has 0 amide bonds. The van der Waals surface area contributed by atoms with Gasteiger partial charge in [0.05, 0.1) is 13.7 Å². The minimum absolute atomic E-state index is 0.0214. The Balaban J connectivity index is 2.39. The van der Waals surface area contributed by atoms with Crippen LogP contribution in [-0.4, -0.2) is 33.2 Å². The van der Waals surface area contributed by atoms with Gasteiger partial charge in [-0.2, -0.15) is 8.42 Å². The molecule has 7 nitrogen and oxygen atoms in total. The van der Waals surface area contributed by atoms with E-state index in [1.165, 1.54) is 43.5 Å². The van der Waals surface area contributed by atoms with E-state index in [4.69, 9.17) is 18.8 Å². The second-order valence-electron chi connectivity index (χ2n) is 6.28. The van der Waals surface area contributed by atoms with Crippen molar-refractivity contribution in [2.24, 2.45) is 0 Å². The fourth-order valence-corrected chi connectivity index (χ4v) is 3.29. The molecule has 1 N–H and O–H groups in total. The van der Waals surface area contributed by atoms with Crippen LogP contribution in [0, 0.1) is 6.92 Å². The molecule has 0 aliphatic rings. The maximum atomic E-state index is 12.6. The third-order valence-corrected chi connectivity index (χ3v) is 5.21. The van der Waals surface area contributed by atoms with Crippen LogP contribution in [0.25, 0.3) is 6.08 Å². The number of ether oxygens (including phenoxy) is 2. The highest BCUT2D eigenvalue weighted by Gasteiger charge is 2.20. The molecule has 0 saturated carbocycles. The molecule has 0 bridgehead atoms. The zero-order valence-corrected chi connectivity index (χ0v) is 17.4. The number of methoxy groups -OCH3 is 1. The molecule has 2 rings (SSSR count). The van der Waals surface area contributed by atoms with Crippen molar-refractivity contribution in [3.05, 3.63) is 59.4 Å². The number of carboxylic acid groups (broad SMARTS) is 1. The van der Waals surface area contributed by atoms with Crippen LogP contribution in [-0.2, 0) is 19.6 Å². The molecule has 0 aromatic heterocycles. The number of aliphatic carboxylic acids is 1. The Morgan fingerprint density at radius 3 is 2.38 bits per heavy atom. The Kier molecular flexibility index (Phi) is 7.67. The number of carbonyl (C=O) groups is 1. The van der Waals surface area contributed by atoms with E-state index in [-0.39, 0.29) is 22.2 Å². The largest absolute Gasteiger partial charge is 0.490 e. The fraction of sp³-hybridized carbons (Fsp3) is 0.286. The van der Waals surface area contributed by atoms with Gasteiger partial charge >= 0.3 is 16.1 Å². The Hall–Kier alpha value is -3.00. The third kappa shape index (κ3) is 6.25. The SMILES string of the molecule is CCCCOc1cc(/C=C(\OC)C(=O)O)ccc1OS(=O)(=O)c1ccc(C)cc1. The summed E-state index contributed by atoms with van der Waals surface area (Å²) in [7, 11) is -2.80. The summed E-state index contributed by atoms with van der Waals surface area (Å²) in [4.78, 5) is 11.2. The number of hydrogen-bond donors (Lipinski definition) is 1. The fourth-order valence-electron chi connectivity index (χ4n) is 2.35. The average molecular weight is 420 g/mol.